The Bertz CT molecular complexity index is 182. The summed E-state index contributed by atoms with van der Waals surface area (Å²) in [6.07, 6.45) is 0.664. The van der Waals surface area contributed by atoms with Crippen LogP contribution in [-0.2, 0) is 9.32 Å². The summed E-state index contributed by atoms with van der Waals surface area (Å²) >= 11 is 0. The number of likely N-dealkylation sites (N-methyl/N-ethyl adjacent to an activating group) is 1. The zero-order valence-corrected chi connectivity index (χ0v) is 9.96. The zero-order chi connectivity index (χ0) is 11.2. The molecule has 0 aliphatic rings. The molecule has 0 saturated carbocycles. The van der Waals surface area contributed by atoms with Crippen LogP contribution in [0, 0.1) is 0 Å². The molecule has 0 aliphatic heterocycles. The summed E-state index contributed by atoms with van der Waals surface area (Å²) in [6.45, 7) is 1.14. The predicted molar refractivity (Wildman–Crippen MR) is 56.7 cm³/mol. The third kappa shape index (κ3) is 7.35. The van der Waals surface area contributed by atoms with Crippen LogP contribution in [0.15, 0.2) is 0 Å². The summed E-state index contributed by atoms with van der Waals surface area (Å²) in [5.74, 6) is 0. The van der Waals surface area contributed by atoms with E-state index in [1.165, 1.54) is 0 Å². The first-order valence-corrected chi connectivity index (χ1v) is 5.73. The fourth-order valence-electron chi connectivity index (χ4n) is 0.773. The van der Waals surface area contributed by atoms with Crippen molar-refractivity contribution in [1.29, 1.82) is 0 Å². The van der Waals surface area contributed by atoms with Gasteiger partial charge in [-0.25, -0.2) is 0 Å². The third-order valence-electron chi connectivity index (χ3n) is 1.38. The molecule has 0 aliphatic carbocycles. The SMILES string of the molecule is C[N+](C)(C)CC(=O)P(O)OCCCN. The van der Waals surface area contributed by atoms with Gasteiger partial charge < -0.3 is 19.6 Å². The van der Waals surface area contributed by atoms with Crippen LogP contribution in [0.3, 0.4) is 0 Å². The van der Waals surface area contributed by atoms with Gasteiger partial charge in [0.25, 0.3) is 5.52 Å². The highest BCUT2D eigenvalue weighted by molar-refractivity contribution is 7.65. The van der Waals surface area contributed by atoms with E-state index >= 15 is 0 Å². The summed E-state index contributed by atoms with van der Waals surface area (Å²) in [4.78, 5) is 20.7. The van der Waals surface area contributed by atoms with Crippen molar-refractivity contribution < 1.29 is 18.7 Å². The molecule has 0 saturated heterocycles. The molecule has 0 bridgehead atoms. The summed E-state index contributed by atoms with van der Waals surface area (Å²) in [7, 11) is 3.74. The lowest BCUT2D eigenvalue weighted by Crippen LogP contribution is -2.39. The summed E-state index contributed by atoms with van der Waals surface area (Å²) in [6, 6.07) is 0. The molecular formula is C8H20N2O3P+. The maximum Gasteiger partial charge on any atom is 0.263 e. The highest BCUT2D eigenvalue weighted by atomic mass is 31.2. The van der Waals surface area contributed by atoms with Crippen molar-refractivity contribution in [1.82, 2.24) is 0 Å². The summed E-state index contributed by atoms with van der Waals surface area (Å²) in [5, 5.41) is 0. The fourth-order valence-corrected chi connectivity index (χ4v) is 1.76. The lowest BCUT2D eigenvalue weighted by Gasteiger charge is -2.23. The minimum absolute atomic E-state index is 0.232. The van der Waals surface area contributed by atoms with Gasteiger partial charge in [-0.1, -0.05) is 0 Å². The maximum absolute atomic E-state index is 11.4. The lowest BCUT2D eigenvalue weighted by molar-refractivity contribution is -0.861. The standard InChI is InChI=1S/C8H20N2O3P/c1-10(2,3)7-8(11)14(12)13-6-4-5-9/h12H,4-7,9H2,1-3H3/q+1. The van der Waals surface area contributed by atoms with Gasteiger partial charge in [0.2, 0.25) is 8.38 Å². The van der Waals surface area contributed by atoms with Crippen LogP contribution >= 0.6 is 8.38 Å². The number of carbonyl (C=O) groups is 1. The van der Waals surface area contributed by atoms with Crippen molar-refractivity contribution in [2.45, 2.75) is 6.42 Å². The fraction of sp³-hybridized carbons (Fsp3) is 0.875. The molecule has 1 atom stereocenters. The van der Waals surface area contributed by atoms with Crippen molar-refractivity contribution in [3.05, 3.63) is 0 Å². The second kappa shape index (κ2) is 6.43. The normalized spacial score (nSPS) is 14.1. The Kier molecular flexibility index (Phi) is 6.40. The van der Waals surface area contributed by atoms with Crippen LogP contribution in [0.5, 0.6) is 0 Å². The molecule has 5 nitrogen and oxygen atoms in total. The predicted octanol–water partition coefficient (Wildman–Crippen LogP) is -0.111. The first kappa shape index (κ1) is 13.9. The molecule has 0 fully saturated rings. The molecule has 0 heterocycles. The molecule has 0 amide bonds. The van der Waals surface area contributed by atoms with Crippen LogP contribution in [0.4, 0.5) is 0 Å². The molecule has 0 aromatic rings. The van der Waals surface area contributed by atoms with Crippen LogP contribution in [0.1, 0.15) is 6.42 Å². The average Bonchev–Trinajstić information content (AvgIpc) is 2.01. The summed E-state index contributed by atoms with van der Waals surface area (Å²) < 4.78 is 5.47. The Morgan fingerprint density at radius 1 is 1.50 bits per heavy atom. The van der Waals surface area contributed by atoms with Gasteiger partial charge in [-0.3, -0.25) is 4.79 Å². The van der Waals surface area contributed by atoms with Crippen LogP contribution in [0.25, 0.3) is 0 Å². The topological polar surface area (TPSA) is 72.5 Å². The van der Waals surface area contributed by atoms with Gasteiger partial charge in [-0.15, -0.1) is 0 Å². The lowest BCUT2D eigenvalue weighted by atomic mass is 10.5. The highest BCUT2D eigenvalue weighted by Crippen LogP contribution is 2.32. The summed E-state index contributed by atoms with van der Waals surface area (Å²) in [5.41, 5.74) is 5.02. The van der Waals surface area contributed by atoms with E-state index in [2.05, 4.69) is 0 Å². The van der Waals surface area contributed by atoms with Crippen molar-refractivity contribution in [2.24, 2.45) is 5.73 Å². The first-order valence-electron chi connectivity index (χ1n) is 4.52. The van der Waals surface area contributed by atoms with E-state index in [9.17, 15) is 9.69 Å². The molecule has 84 valence electrons. The van der Waals surface area contributed by atoms with Crippen molar-refractivity contribution in [3.63, 3.8) is 0 Å². The largest absolute Gasteiger partial charge is 0.344 e. The van der Waals surface area contributed by atoms with Crippen molar-refractivity contribution in [2.75, 3.05) is 40.8 Å². The van der Waals surface area contributed by atoms with Crippen LogP contribution in [0.2, 0.25) is 0 Å². The number of nitrogens with two attached hydrogens (primary N) is 1. The maximum atomic E-state index is 11.4. The van der Waals surface area contributed by atoms with E-state index in [1.54, 1.807) is 0 Å². The Hall–Kier alpha value is -0.0600. The molecule has 3 N–H and O–H groups in total. The van der Waals surface area contributed by atoms with Gasteiger partial charge in [0, 0.05) is 0 Å². The number of hydrogen-bond donors (Lipinski definition) is 2. The number of nitrogens with zero attached hydrogens (tertiary/aromatic N) is 1. The second-order valence-electron chi connectivity index (χ2n) is 4.09. The van der Waals surface area contributed by atoms with E-state index in [0.717, 1.165) is 0 Å². The zero-order valence-electron chi connectivity index (χ0n) is 9.06. The van der Waals surface area contributed by atoms with Crippen LogP contribution < -0.4 is 5.73 Å². The van der Waals surface area contributed by atoms with Crippen molar-refractivity contribution in [3.8, 4) is 0 Å². The molecule has 0 radical (unpaired) electrons. The minimum Gasteiger partial charge on any atom is -0.344 e. The first-order chi connectivity index (χ1) is 6.37. The Labute approximate surface area is 86.3 Å². The second-order valence-corrected chi connectivity index (χ2v) is 5.39. The van der Waals surface area contributed by atoms with E-state index < -0.39 is 8.38 Å². The Balaban J connectivity index is 3.77. The van der Waals surface area contributed by atoms with E-state index in [-0.39, 0.29) is 12.1 Å². The number of carbonyl (C=O) groups excluding carboxylic acids is 1. The molecule has 0 rings (SSSR count). The van der Waals surface area contributed by atoms with Gasteiger partial charge in [0.15, 0.2) is 0 Å². The quantitative estimate of drug-likeness (QED) is 0.359. The third-order valence-corrected chi connectivity index (χ3v) is 2.38. The van der Waals surface area contributed by atoms with E-state index in [1.807, 2.05) is 21.1 Å². The molecule has 14 heavy (non-hydrogen) atoms. The highest BCUT2D eigenvalue weighted by Gasteiger charge is 2.23. The molecule has 0 aromatic heterocycles. The number of hydrogen-bond acceptors (Lipinski definition) is 4. The van der Waals surface area contributed by atoms with Gasteiger partial charge >= 0.3 is 0 Å². The Morgan fingerprint density at radius 3 is 2.50 bits per heavy atom. The van der Waals surface area contributed by atoms with Gasteiger partial charge in [0.1, 0.15) is 6.54 Å². The average molecular weight is 223 g/mol. The van der Waals surface area contributed by atoms with Crippen LogP contribution in [-0.4, -0.2) is 55.7 Å². The minimum atomic E-state index is -1.93. The van der Waals surface area contributed by atoms with Gasteiger partial charge in [-0.05, 0) is 13.0 Å². The van der Waals surface area contributed by atoms with E-state index in [4.69, 9.17) is 10.3 Å². The molecular weight excluding hydrogens is 203 g/mol. The van der Waals surface area contributed by atoms with Crippen molar-refractivity contribution >= 4 is 13.9 Å². The van der Waals surface area contributed by atoms with Gasteiger partial charge in [-0.2, -0.15) is 0 Å². The molecule has 0 aromatic carbocycles. The molecule has 0 spiro atoms. The Morgan fingerprint density at radius 2 is 2.07 bits per heavy atom. The number of quaternary nitrogens is 1. The monoisotopic (exact) mass is 223 g/mol. The van der Waals surface area contributed by atoms with E-state index in [0.29, 0.717) is 24.1 Å². The smallest absolute Gasteiger partial charge is 0.263 e. The number of rotatable bonds is 7. The molecule has 1 unspecified atom stereocenters. The molecule has 6 heteroatoms. The van der Waals surface area contributed by atoms with Gasteiger partial charge in [0.05, 0.1) is 27.7 Å².